The van der Waals surface area contributed by atoms with E-state index >= 15 is 0 Å². The molecule has 1 aromatic carbocycles. The largest absolute Gasteiger partial charge is 0.396 e. The predicted molar refractivity (Wildman–Crippen MR) is 169 cm³/mol. The van der Waals surface area contributed by atoms with Gasteiger partial charge in [0.25, 0.3) is 0 Å². The Morgan fingerprint density at radius 3 is 2.59 bits per heavy atom. The van der Waals surface area contributed by atoms with Crippen LogP contribution >= 0.6 is 15.9 Å². The zero-order valence-corrected chi connectivity index (χ0v) is 27.0. The molecule has 1 aromatic heterocycles. The number of aliphatic hydroxyl groups is 1. The van der Waals surface area contributed by atoms with Gasteiger partial charge >= 0.3 is 0 Å². The highest BCUT2D eigenvalue weighted by atomic mass is 79.9. The summed E-state index contributed by atoms with van der Waals surface area (Å²) in [5, 5.41) is 17.8. The summed E-state index contributed by atoms with van der Waals surface area (Å²) in [6.45, 7) is 11.5. The van der Waals surface area contributed by atoms with Crippen LogP contribution in [0.3, 0.4) is 0 Å². The lowest BCUT2D eigenvalue weighted by atomic mass is 9.70. The maximum absolute atomic E-state index is 14.7. The van der Waals surface area contributed by atoms with Crippen LogP contribution in [0.2, 0.25) is 0 Å². The first-order valence-electron chi connectivity index (χ1n) is 15.6. The van der Waals surface area contributed by atoms with Crippen molar-refractivity contribution in [1.82, 2.24) is 29.7 Å². The summed E-state index contributed by atoms with van der Waals surface area (Å²) in [6.07, 6.45) is 7.04. The zero-order chi connectivity index (χ0) is 31.4. The monoisotopic (exact) mass is 670 g/mol. The number of benzene rings is 1. The molecule has 11 nitrogen and oxygen atoms in total. The maximum atomic E-state index is 14.7. The average Bonchev–Trinajstić information content (AvgIpc) is 3.73. The van der Waals surface area contributed by atoms with E-state index in [2.05, 4.69) is 39.4 Å². The number of hydrogen-bond acceptors (Lipinski definition) is 7. The van der Waals surface area contributed by atoms with Crippen molar-refractivity contribution in [2.75, 3.05) is 32.8 Å². The van der Waals surface area contributed by atoms with Gasteiger partial charge in [0.15, 0.2) is 0 Å². The number of aliphatic hydroxyl groups excluding tert-OH is 1. The van der Waals surface area contributed by atoms with E-state index in [9.17, 15) is 19.5 Å². The van der Waals surface area contributed by atoms with Crippen LogP contribution in [-0.2, 0) is 25.8 Å². The number of para-hydroxylation sites is 1. The Morgan fingerprint density at radius 2 is 1.86 bits per heavy atom. The molecule has 3 amide bonds. The van der Waals surface area contributed by atoms with E-state index in [1.807, 2.05) is 31.2 Å². The van der Waals surface area contributed by atoms with E-state index in [0.29, 0.717) is 38.9 Å². The second-order valence-electron chi connectivity index (χ2n) is 12.0. The van der Waals surface area contributed by atoms with E-state index in [-0.39, 0.29) is 42.4 Å². The summed E-state index contributed by atoms with van der Waals surface area (Å²) in [6, 6.07) is 6.63. The number of rotatable bonds is 16. The average molecular weight is 672 g/mol. The van der Waals surface area contributed by atoms with Gasteiger partial charge in [-0.15, -0.1) is 18.3 Å². The van der Waals surface area contributed by atoms with E-state index in [1.54, 1.807) is 31.5 Å². The molecule has 3 unspecified atom stereocenters. The van der Waals surface area contributed by atoms with Crippen molar-refractivity contribution in [3.05, 3.63) is 49.6 Å². The number of likely N-dealkylation sites (tertiary alicyclic amines) is 1. The predicted octanol–water partition coefficient (Wildman–Crippen LogP) is 3.13. The minimum Gasteiger partial charge on any atom is -0.396 e. The van der Waals surface area contributed by atoms with Crippen LogP contribution in [0.1, 0.15) is 45.4 Å². The summed E-state index contributed by atoms with van der Waals surface area (Å²) in [5.74, 6) is -2.06. The van der Waals surface area contributed by atoms with Crippen molar-refractivity contribution in [2.45, 2.75) is 74.7 Å². The normalized spacial score (nSPS) is 27.1. The van der Waals surface area contributed by atoms with Crippen molar-refractivity contribution in [2.24, 2.45) is 11.8 Å². The van der Waals surface area contributed by atoms with Gasteiger partial charge in [0.2, 0.25) is 17.7 Å². The topological polar surface area (TPSA) is 121 Å². The molecule has 12 heteroatoms. The number of carbonyl (C=O) groups excluding carboxylic acids is 3. The van der Waals surface area contributed by atoms with Crippen molar-refractivity contribution in [3.63, 3.8) is 0 Å². The van der Waals surface area contributed by atoms with Gasteiger partial charge < -0.3 is 24.5 Å². The molecule has 44 heavy (non-hydrogen) atoms. The molecule has 0 saturated carbocycles. The number of halogens is 1. The van der Waals surface area contributed by atoms with E-state index in [4.69, 9.17) is 4.74 Å². The summed E-state index contributed by atoms with van der Waals surface area (Å²) in [4.78, 5) is 48.1. The number of fused-ring (bicyclic) bond motifs is 2. The quantitative estimate of drug-likeness (QED) is 0.166. The van der Waals surface area contributed by atoms with Crippen LogP contribution in [0.25, 0.3) is 11.0 Å². The van der Waals surface area contributed by atoms with Crippen LogP contribution in [0, 0.1) is 11.8 Å². The number of ether oxygens (including phenoxy) is 1. The van der Waals surface area contributed by atoms with Crippen LogP contribution in [0.15, 0.2) is 49.6 Å². The van der Waals surface area contributed by atoms with Crippen molar-refractivity contribution in [1.29, 1.82) is 0 Å². The number of carbonyl (C=O) groups is 3. The minimum absolute atomic E-state index is 0.118. The molecule has 1 spiro atoms. The van der Waals surface area contributed by atoms with Crippen LogP contribution < -0.4 is 0 Å². The fraction of sp³-hybridized carbons (Fsp3) is 0.594. The second-order valence-corrected chi connectivity index (χ2v) is 13.2. The molecule has 4 heterocycles. The molecule has 0 radical (unpaired) electrons. The lowest BCUT2D eigenvalue weighted by Gasteiger charge is -2.37. The zero-order valence-electron chi connectivity index (χ0n) is 25.4. The fourth-order valence-electron chi connectivity index (χ4n) is 7.34. The van der Waals surface area contributed by atoms with Gasteiger partial charge in [-0.25, -0.2) is 4.68 Å². The van der Waals surface area contributed by atoms with Gasteiger partial charge in [-0.3, -0.25) is 14.4 Å². The van der Waals surface area contributed by atoms with Gasteiger partial charge in [0.1, 0.15) is 23.8 Å². The molecule has 5 rings (SSSR count). The van der Waals surface area contributed by atoms with E-state index in [0.717, 1.165) is 30.3 Å². The van der Waals surface area contributed by atoms with Gasteiger partial charge in [0.05, 0.1) is 23.5 Å². The fourth-order valence-corrected chi connectivity index (χ4v) is 8.28. The lowest BCUT2D eigenvalue weighted by Crippen LogP contribution is -2.57. The summed E-state index contributed by atoms with van der Waals surface area (Å²) in [5.41, 5.74) is 0.361. The first-order valence-corrected chi connectivity index (χ1v) is 16.5. The number of amides is 3. The number of unbranched alkanes of at least 4 members (excludes halogenated alkanes) is 3. The molecule has 3 fully saturated rings. The standard InChI is InChI=1S/C32H43BrN6O5/c1-4-15-36(16-5-2)29(41)25-26-30(42)38(18-11-7-8-12-19-40)28(32(26)20-22(33)27(25)44-32)31(43)37(17-6-3)21-39-24-14-10-9-13-23(24)34-35-39/h4,6,9-10,13-14,22,25-28,40H,1,3,5,7-8,11-12,15-21H2,2H3/t22?,25-,26+,27-,28?,32?/m1/s1. The summed E-state index contributed by atoms with van der Waals surface area (Å²) >= 11 is 3.77. The SMILES string of the molecule is C=CCN(Cn1nnc2ccccc21)C(=O)C1N(CCCCCCO)C(=O)[C@@H]2[C@@H](C(=O)N(CC=C)CCC)[C@@H]3OC12CC3Br. The van der Waals surface area contributed by atoms with Gasteiger partial charge in [0, 0.05) is 37.6 Å². The minimum atomic E-state index is -1.14. The highest BCUT2D eigenvalue weighted by Gasteiger charge is 2.76. The molecule has 3 saturated heterocycles. The maximum Gasteiger partial charge on any atom is 0.250 e. The molecule has 0 aliphatic carbocycles. The number of aromatic nitrogens is 3. The third-order valence-corrected chi connectivity index (χ3v) is 10.0. The first kappa shape index (κ1) is 32.3. The molecule has 238 valence electrons. The summed E-state index contributed by atoms with van der Waals surface area (Å²) < 4.78 is 8.40. The molecular formula is C32H43BrN6O5. The Labute approximate surface area is 267 Å². The van der Waals surface area contributed by atoms with Crippen molar-refractivity contribution in [3.8, 4) is 0 Å². The Balaban J connectivity index is 1.51. The highest BCUT2D eigenvalue weighted by Crippen LogP contribution is 2.60. The second kappa shape index (κ2) is 13.9. The number of nitrogens with zero attached hydrogens (tertiary/aromatic N) is 6. The van der Waals surface area contributed by atoms with Crippen molar-refractivity contribution >= 4 is 44.7 Å². The van der Waals surface area contributed by atoms with Gasteiger partial charge in [-0.05, 0) is 37.8 Å². The lowest BCUT2D eigenvalue weighted by molar-refractivity contribution is -0.149. The molecular weight excluding hydrogens is 628 g/mol. The van der Waals surface area contributed by atoms with E-state index < -0.39 is 29.6 Å². The number of hydrogen-bond donors (Lipinski definition) is 1. The summed E-state index contributed by atoms with van der Waals surface area (Å²) in [7, 11) is 0. The third kappa shape index (κ3) is 5.72. The molecule has 2 bridgehead atoms. The van der Waals surface area contributed by atoms with Crippen LogP contribution in [-0.4, -0.2) is 108 Å². The molecule has 6 atom stereocenters. The Hall–Kier alpha value is -3.09. The highest BCUT2D eigenvalue weighted by molar-refractivity contribution is 9.09. The van der Waals surface area contributed by atoms with Gasteiger partial charge in [-0.1, -0.05) is 65.2 Å². The van der Waals surface area contributed by atoms with Crippen LogP contribution in [0.4, 0.5) is 0 Å². The third-order valence-electron chi connectivity index (χ3n) is 9.16. The van der Waals surface area contributed by atoms with E-state index in [1.165, 1.54) is 0 Å². The first-order chi connectivity index (χ1) is 21.3. The molecule has 2 aromatic rings. The van der Waals surface area contributed by atoms with Gasteiger partial charge in [-0.2, -0.15) is 0 Å². The molecule has 3 aliphatic heterocycles. The van der Waals surface area contributed by atoms with Crippen molar-refractivity contribution < 1.29 is 24.2 Å². The Morgan fingerprint density at radius 1 is 1.14 bits per heavy atom. The Kier molecular flexibility index (Phi) is 10.2. The smallest absolute Gasteiger partial charge is 0.250 e. The Bertz CT molecular complexity index is 1380. The van der Waals surface area contributed by atoms with Crippen LogP contribution in [0.5, 0.6) is 0 Å². The molecule has 1 N–H and O–H groups in total. The molecule has 3 aliphatic rings. The number of alkyl halides is 1.